The molecule has 1 aromatic heterocycles. The Balaban J connectivity index is 2.42. The summed E-state index contributed by atoms with van der Waals surface area (Å²) < 4.78 is 5.44. The molecule has 1 amide bonds. The molecule has 0 radical (unpaired) electrons. The summed E-state index contributed by atoms with van der Waals surface area (Å²) in [6, 6.07) is 1.61. The zero-order valence-electron chi connectivity index (χ0n) is 12.6. The van der Waals surface area contributed by atoms with Crippen molar-refractivity contribution in [2.24, 2.45) is 5.92 Å². The van der Waals surface area contributed by atoms with Crippen molar-refractivity contribution in [3.8, 4) is 11.8 Å². The highest BCUT2D eigenvalue weighted by molar-refractivity contribution is 5.96. The fourth-order valence-corrected chi connectivity index (χ4v) is 1.58. The van der Waals surface area contributed by atoms with E-state index in [1.165, 1.54) is 12.4 Å². The van der Waals surface area contributed by atoms with Crippen LogP contribution in [0.4, 0.5) is 0 Å². The number of nitrogens with one attached hydrogen (secondary N) is 1. The average molecular weight is 290 g/mol. The van der Waals surface area contributed by atoms with E-state index in [0.717, 1.165) is 6.42 Å². The molecule has 0 saturated heterocycles. The Morgan fingerprint density at radius 3 is 3.00 bits per heavy atom. The first-order chi connectivity index (χ1) is 10.1. The molecule has 0 bridgehead atoms. The molecule has 1 rings (SSSR count). The van der Waals surface area contributed by atoms with Gasteiger partial charge in [-0.15, -0.1) is 0 Å². The summed E-state index contributed by atoms with van der Waals surface area (Å²) in [5.74, 6) is 5.63. The lowest BCUT2D eigenvalue weighted by Gasteiger charge is -2.08. The second kappa shape index (κ2) is 9.92. The van der Waals surface area contributed by atoms with Crippen LogP contribution in [0.25, 0.3) is 0 Å². The number of hydrogen-bond acceptors (Lipinski definition) is 4. The maximum absolute atomic E-state index is 12.0. The van der Waals surface area contributed by atoms with Gasteiger partial charge in [0.1, 0.15) is 6.61 Å². The van der Waals surface area contributed by atoms with Crippen molar-refractivity contribution in [1.82, 2.24) is 10.3 Å². The molecule has 1 aromatic rings. The number of aliphatic hydroxyl groups excluding tert-OH is 1. The second-order valence-electron chi connectivity index (χ2n) is 4.93. The Bertz CT molecular complexity index is 504. The molecule has 5 heteroatoms. The van der Waals surface area contributed by atoms with Gasteiger partial charge in [0.05, 0.1) is 17.7 Å². The van der Waals surface area contributed by atoms with Crippen molar-refractivity contribution < 1.29 is 14.6 Å². The van der Waals surface area contributed by atoms with Crippen LogP contribution in [0.1, 0.15) is 36.2 Å². The van der Waals surface area contributed by atoms with Crippen molar-refractivity contribution >= 4 is 5.91 Å². The Hall–Kier alpha value is -1.90. The first-order valence-electron chi connectivity index (χ1n) is 7.04. The Morgan fingerprint density at radius 2 is 2.29 bits per heavy atom. The minimum absolute atomic E-state index is 0.216. The van der Waals surface area contributed by atoms with Gasteiger partial charge in [-0.2, -0.15) is 0 Å². The molecule has 21 heavy (non-hydrogen) atoms. The van der Waals surface area contributed by atoms with Crippen LogP contribution in [0, 0.1) is 17.8 Å². The number of hydrogen-bond donors (Lipinski definition) is 2. The summed E-state index contributed by atoms with van der Waals surface area (Å²) in [7, 11) is 0. The van der Waals surface area contributed by atoms with E-state index in [2.05, 4.69) is 36.0 Å². The van der Waals surface area contributed by atoms with Crippen LogP contribution in [0.5, 0.6) is 0 Å². The van der Waals surface area contributed by atoms with Crippen LogP contribution >= 0.6 is 0 Å². The smallest absolute Gasteiger partial charge is 0.252 e. The summed E-state index contributed by atoms with van der Waals surface area (Å²) in [4.78, 5) is 16.0. The molecule has 0 saturated carbocycles. The number of ether oxygens (including phenoxy) is 1. The summed E-state index contributed by atoms with van der Waals surface area (Å²) >= 11 is 0. The lowest BCUT2D eigenvalue weighted by molar-refractivity contribution is 0.0905. The largest absolute Gasteiger partial charge is 0.384 e. The van der Waals surface area contributed by atoms with E-state index in [4.69, 9.17) is 9.84 Å². The van der Waals surface area contributed by atoms with E-state index in [1.807, 2.05) is 0 Å². The third-order valence-corrected chi connectivity index (χ3v) is 2.74. The minimum atomic E-state index is -0.250. The number of aliphatic hydroxyl groups is 1. The highest BCUT2D eigenvalue weighted by Crippen LogP contribution is 2.05. The van der Waals surface area contributed by atoms with Crippen molar-refractivity contribution in [2.45, 2.75) is 20.3 Å². The van der Waals surface area contributed by atoms with Crippen molar-refractivity contribution in [1.29, 1.82) is 0 Å². The lowest BCUT2D eigenvalue weighted by Crippen LogP contribution is -2.28. The van der Waals surface area contributed by atoms with Crippen molar-refractivity contribution in [2.75, 3.05) is 26.4 Å². The topological polar surface area (TPSA) is 71.5 Å². The van der Waals surface area contributed by atoms with Gasteiger partial charge in [0.25, 0.3) is 5.91 Å². The van der Waals surface area contributed by atoms with Crippen molar-refractivity contribution in [3.05, 3.63) is 29.6 Å². The monoisotopic (exact) mass is 290 g/mol. The second-order valence-corrected chi connectivity index (χ2v) is 4.93. The Kier molecular flexibility index (Phi) is 8.10. The van der Waals surface area contributed by atoms with Gasteiger partial charge in [-0.3, -0.25) is 9.78 Å². The zero-order valence-corrected chi connectivity index (χ0v) is 12.6. The number of amides is 1. The predicted octanol–water partition coefficient (Wildman–Crippen LogP) is 1.22. The molecule has 114 valence electrons. The van der Waals surface area contributed by atoms with Crippen LogP contribution in [0.15, 0.2) is 18.5 Å². The molecule has 0 aliphatic heterocycles. The van der Waals surface area contributed by atoms with Gasteiger partial charge in [-0.05, 0) is 18.4 Å². The van der Waals surface area contributed by atoms with Gasteiger partial charge in [0, 0.05) is 25.5 Å². The Labute approximate surface area is 125 Å². The molecule has 0 atom stereocenters. The van der Waals surface area contributed by atoms with Gasteiger partial charge in [0.15, 0.2) is 0 Å². The fourth-order valence-electron chi connectivity index (χ4n) is 1.58. The summed E-state index contributed by atoms with van der Waals surface area (Å²) in [5.41, 5.74) is 0.956. The number of nitrogens with zero attached hydrogens (tertiary/aromatic N) is 1. The number of carbonyl (C=O) groups excluding carboxylic acids is 1. The molecule has 0 aromatic carbocycles. The third-order valence-electron chi connectivity index (χ3n) is 2.74. The van der Waals surface area contributed by atoms with E-state index >= 15 is 0 Å². The quantitative estimate of drug-likeness (QED) is 0.585. The van der Waals surface area contributed by atoms with Crippen LogP contribution < -0.4 is 5.32 Å². The van der Waals surface area contributed by atoms with E-state index in [1.54, 1.807) is 6.07 Å². The molecule has 0 unspecified atom stereocenters. The fraction of sp³-hybridized carbons (Fsp3) is 0.500. The average Bonchev–Trinajstić information content (AvgIpc) is 2.48. The highest BCUT2D eigenvalue weighted by atomic mass is 16.5. The van der Waals surface area contributed by atoms with Gasteiger partial charge in [-0.1, -0.05) is 25.7 Å². The number of pyridine rings is 1. The van der Waals surface area contributed by atoms with Crippen LogP contribution in [0.3, 0.4) is 0 Å². The van der Waals surface area contributed by atoms with Crippen molar-refractivity contribution in [3.63, 3.8) is 0 Å². The molecule has 1 heterocycles. The molecule has 0 aliphatic rings. The van der Waals surface area contributed by atoms with Gasteiger partial charge < -0.3 is 15.2 Å². The molecular formula is C16H22N2O3. The van der Waals surface area contributed by atoms with Gasteiger partial charge in [0.2, 0.25) is 0 Å². The standard InChI is InChI=1S/C16H22N2O3/c1-13(2)6-10-21-11-8-18-16(20)15-5-7-17-12-14(15)4-3-9-19/h5,7,12-13,19H,6,8-11H2,1-2H3,(H,18,20). The highest BCUT2D eigenvalue weighted by Gasteiger charge is 2.09. The molecule has 0 aliphatic carbocycles. The van der Waals surface area contributed by atoms with Gasteiger partial charge in [-0.25, -0.2) is 0 Å². The number of rotatable bonds is 7. The van der Waals surface area contributed by atoms with Gasteiger partial charge >= 0.3 is 0 Å². The first-order valence-corrected chi connectivity index (χ1v) is 7.04. The summed E-state index contributed by atoms with van der Waals surface area (Å²) in [6.07, 6.45) is 4.06. The minimum Gasteiger partial charge on any atom is -0.384 e. The van der Waals surface area contributed by atoms with Crippen LogP contribution in [-0.2, 0) is 4.74 Å². The molecule has 2 N–H and O–H groups in total. The third kappa shape index (κ3) is 6.89. The summed E-state index contributed by atoms with van der Waals surface area (Å²) in [5, 5.41) is 11.5. The van der Waals surface area contributed by atoms with E-state index in [-0.39, 0.29) is 12.5 Å². The van der Waals surface area contributed by atoms with E-state index < -0.39 is 0 Å². The SMILES string of the molecule is CC(C)CCOCCNC(=O)c1ccncc1C#CCO. The Morgan fingerprint density at radius 1 is 1.48 bits per heavy atom. The molecule has 5 nitrogen and oxygen atoms in total. The summed E-state index contributed by atoms with van der Waals surface area (Å²) in [6.45, 7) is 5.68. The first kappa shape index (κ1) is 17.2. The van der Waals surface area contributed by atoms with Crippen LogP contribution in [-0.4, -0.2) is 42.4 Å². The molecular weight excluding hydrogens is 268 g/mol. The maximum atomic E-state index is 12.0. The lowest BCUT2D eigenvalue weighted by atomic mass is 10.1. The maximum Gasteiger partial charge on any atom is 0.252 e. The molecule has 0 spiro atoms. The molecule has 0 fully saturated rings. The van der Waals surface area contributed by atoms with E-state index in [0.29, 0.717) is 36.8 Å². The normalized spacial score (nSPS) is 10.1. The number of aromatic nitrogens is 1. The van der Waals surface area contributed by atoms with E-state index in [9.17, 15) is 4.79 Å². The number of carbonyl (C=O) groups is 1. The zero-order chi connectivity index (χ0) is 15.5. The van der Waals surface area contributed by atoms with Crippen LogP contribution in [0.2, 0.25) is 0 Å². The predicted molar refractivity (Wildman–Crippen MR) is 80.8 cm³/mol.